The van der Waals surface area contributed by atoms with Crippen molar-refractivity contribution in [3.05, 3.63) is 83.7 Å². The second-order valence-electron chi connectivity index (χ2n) is 6.27. The second-order valence-corrected chi connectivity index (χ2v) is 6.27. The molecule has 0 atom stereocenters. The van der Waals surface area contributed by atoms with Crippen molar-refractivity contribution in [3.63, 3.8) is 0 Å². The zero-order valence-electron chi connectivity index (χ0n) is 15.0. The highest BCUT2D eigenvalue weighted by atomic mass is 19.4. The molecule has 1 heterocycles. The van der Waals surface area contributed by atoms with E-state index in [0.29, 0.717) is 0 Å². The number of amides is 2. The van der Waals surface area contributed by atoms with Crippen molar-refractivity contribution in [3.8, 4) is 11.1 Å². The lowest BCUT2D eigenvalue weighted by atomic mass is 10.1. The highest BCUT2D eigenvalue weighted by Crippen LogP contribution is 2.33. The number of halogens is 3. The summed E-state index contributed by atoms with van der Waals surface area (Å²) in [5.41, 5.74) is 2.35. The Morgan fingerprint density at radius 2 is 1.61 bits per heavy atom. The maximum atomic E-state index is 13.0. The number of hydrogen-bond donors (Lipinski definition) is 2. The van der Waals surface area contributed by atoms with Crippen LogP contribution in [0.4, 0.5) is 23.7 Å². The Morgan fingerprint density at radius 1 is 0.964 bits per heavy atom. The lowest BCUT2D eigenvalue weighted by Crippen LogP contribution is -2.28. The molecular weight excluding hydrogens is 367 g/mol. The summed E-state index contributed by atoms with van der Waals surface area (Å²) >= 11 is 0. The minimum absolute atomic E-state index is 0.0865. The third kappa shape index (κ3) is 4.88. The van der Waals surface area contributed by atoms with Gasteiger partial charge in [-0.15, -0.1) is 0 Å². The average Bonchev–Trinajstić information content (AvgIpc) is 2.68. The molecule has 0 radical (unpaired) electrons. The number of urea groups is 1. The van der Waals surface area contributed by atoms with Gasteiger partial charge in [-0.05, 0) is 53.4 Å². The molecule has 0 aliphatic carbocycles. The van der Waals surface area contributed by atoms with Crippen LogP contribution in [0.25, 0.3) is 11.1 Å². The fourth-order valence-electron chi connectivity index (χ4n) is 2.72. The SMILES string of the molecule is Cc1ccc(NC(=O)NCc2ccc(-c3ccncc3)cc2)cc1C(F)(F)F. The van der Waals surface area contributed by atoms with Gasteiger partial charge in [0.25, 0.3) is 0 Å². The third-order valence-corrected chi connectivity index (χ3v) is 4.22. The van der Waals surface area contributed by atoms with E-state index in [2.05, 4.69) is 15.6 Å². The van der Waals surface area contributed by atoms with Crippen molar-refractivity contribution in [2.75, 3.05) is 5.32 Å². The van der Waals surface area contributed by atoms with Gasteiger partial charge in [0.1, 0.15) is 0 Å². The summed E-state index contributed by atoms with van der Waals surface area (Å²) in [4.78, 5) is 16.0. The van der Waals surface area contributed by atoms with E-state index in [4.69, 9.17) is 0 Å². The number of carbonyl (C=O) groups excluding carboxylic acids is 1. The first kappa shape index (κ1) is 19.4. The summed E-state index contributed by atoms with van der Waals surface area (Å²) in [5.74, 6) is 0. The maximum absolute atomic E-state index is 13.0. The second kappa shape index (κ2) is 8.12. The van der Waals surface area contributed by atoms with E-state index in [9.17, 15) is 18.0 Å². The van der Waals surface area contributed by atoms with Gasteiger partial charge < -0.3 is 10.6 Å². The number of alkyl halides is 3. The van der Waals surface area contributed by atoms with Gasteiger partial charge in [-0.1, -0.05) is 30.3 Å². The van der Waals surface area contributed by atoms with Crippen LogP contribution in [0.15, 0.2) is 67.0 Å². The Balaban J connectivity index is 1.59. The Morgan fingerprint density at radius 3 is 2.25 bits per heavy atom. The van der Waals surface area contributed by atoms with Crippen LogP contribution in [0.3, 0.4) is 0 Å². The molecule has 0 spiro atoms. The molecule has 3 aromatic rings. The number of benzene rings is 2. The fourth-order valence-corrected chi connectivity index (χ4v) is 2.72. The molecule has 144 valence electrons. The normalized spacial score (nSPS) is 11.1. The van der Waals surface area contributed by atoms with E-state index in [-0.39, 0.29) is 17.8 Å². The number of aryl methyl sites for hydroxylation is 1. The highest BCUT2D eigenvalue weighted by molar-refractivity contribution is 5.89. The van der Waals surface area contributed by atoms with E-state index in [1.54, 1.807) is 12.4 Å². The van der Waals surface area contributed by atoms with Gasteiger partial charge in [-0.25, -0.2) is 4.79 Å². The fraction of sp³-hybridized carbons (Fsp3) is 0.143. The van der Waals surface area contributed by atoms with Gasteiger partial charge >= 0.3 is 12.2 Å². The van der Waals surface area contributed by atoms with E-state index >= 15 is 0 Å². The Kier molecular flexibility index (Phi) is 5.63. The molecular formula is C21H18F3N3O. The quantitative estimate of drug-likeness (QED) is 0.632. The van der Waals surface area contributed by atoms with Crippen LogP contribution in [0.5, 0.6) is 0 Å². The topological polar surface area (TPSA) is 54.0 Å². The summed E-state index contributed by atoms with van der Waals surface area (Å²) in [6.07, 6.45) is -1.04. The highest BCUT2D eigenvalue weighted by Gasteiger charge is 2.32. The molecule has 2 N–H and O–H groups in total. The largest absolute Gasteiger partial charge is 0.416 e. The van der Waals surface area contributed by atoms with Crippen molar-refractivity contribution >= 4 is 11.7 Å². The summed E-state index contributed by atoms with van der Waals surface area (Å²) in [6, 6.07) is 14.5. The molecule has 28 heavy (non-hydrogen) atoms. The smallest absolute Gasteiger partial charge is 0.334 e. The minimum atomic E-state index is -4.46. The number of nitrogens with one attached hydrogen (secondary N) is 2. The van der Waals surface area contributed by atoms with Crippen molar-refractivity contribution in [1.29, 1.82) is 0 Å². The summed E-state index contributed by atoms with van der Waals surface area (Å²) in [7, 11) is 0. The summed E-state index contributed by atoms with van der Waals surface area (Å²) < 4.78 is 38.9. The van der Waals surface area contributed by atoms with Gasteiger partial charge in [0.05, 0.1) is 5.56 Å². The van der Waals surface area contributed by atoms with Crippen molar-refractivity contribution in [2.45, 2.75) is 19.6 Å². The molecule has 0 saturated heterocycles. The number of hydrogen-bond acceptors (Lipinski definition) is 2. The first-order valence-electron chi connectivity index (χ1n) is 8.55. The van der Waals surface area contributed by atoms with Crippen LogP contribution in [-0.4, -0.2) is 11.0 Å². The van der Waals surface area contributed by atoms with E-state index in [1.165, 1.54) is 19.1 Å². The number of nitrogens with zero attached hydrogens (tertiary/aromatic N) is 1. The molecule has 3 rings (SSSR count). The van der Waals surface area contributed by atoms with Crippen LogP contribution in [0.1, 0.15) is 16.7 Å². The zero-order chi connectivity index (χ0) is 20.1. The Labute approximate surface area is 160 Å². The molecule has 4 nitrogen and oxygen atoms in total. The third-order valence-electron chi connectivity index (χ3n) is 4.22. The number of aromatic nitrogens is 1. The molecule has 0 aliphatic heterocycles. The van der Waals surface area contributed by atoms with Gasteiger partial charge in [0.15, 0.2) is 0 Å². The molecule has 0 unspecified atom stereocenters. The van der Waals surface area contributed by atoms with Gasteiger partial charge in [0.2, 0.25) is 0 Å². The Bertz CT molecular complexity index is 955. The van der Waals surface area contributed by atoms with Crippen molar-refractivity contribution in [2.24, 2.45) is 0 Å². The average molecular weight is 385 g/mol. The monoisotopic (exact) mass is 385 g/mol. The lowest BCUT2D eigenvalue weighted by molar-refractivity contribution is -0.138. The lowest BCUT2D eigenvalue weighted by Gasteiger charge is -2.13. The molecule has 0 aliphatic rings. The molecule has 2 aromatic carbocycles. The first-order chi connectivity index (χ1) is 13.3. The van der Waals surface area contributed by atoms with Crippen LogP contribution in [0.2, 0.25) is 0 Å². The summed E-state index contributed by atoms with van der Waals surface area (Å²) in [6.45, 7) is 1.63. The van der Waals surface area contributed by atoms with Crippen molar-refractivity contribution < 1.29 is 18.0 Å². The molecule has 0 bridgehead atoms. The molecule has 1 aromatic heterocycles. The van der Waals surface area contributed by atoms with Crippen LogP contribution < -0.4 is 10.6 Å². The zero-order valence-corrected chi connectivity index (χ0v) is 15.0. The number of rotatable bonds is 4. The predicted octanol–water partition coefficient (Wildman–Crippen LogP) is 5.40. The number of carbonyl (C=O) groups is 1. The number of anilines is 1. The molecule has 0 saturated carbocycles. The van der Waals surface area contributed by atoms with E-state index in [0.717, 1.165) is 22.8 Å². The molecule has 2 amide bonds. The van der Waals surface area contributed by atoms with Crippen molar-refractivity contribution in [1.82, 2.24) is 10.3 Å². The Hall–Kier alpha value is -3.35. The van der Waals surface area contributed by atoms with Crippen LogP contribution in [0, 0.1) is 6.92 Å². The molecule has 0 fully saturated rings. The van der Waals surface area contributed by atoms with Gasteiger partial charge in [-0.2, -0.15) is 13.2 Å². The van der Waals surface area contributed by atoms with Crippen LogP contribution in [-0.2, 0) is 12.7 Å². The predicted molar refractivity (Wildman–Crippen MR) is 102 cm³/mol. The van der Waals surface area contributed by atoms with Gasteiger partial charge in [0, 0.05) is 24.6 Å². The minimum Gasteiger partial charge on any atom is -0.334 e. The van der Waals surface area contributed by atoms with Crippen LogP contribution >= 0.6 is 0 Å². The summed E-state index contributed by atoms with van der Waals surface area (Å²) in [5, 5.41) is 5.07. The van der Waals surface area contributed by atoms with Gasteiger partial charge in [-0.3, -0.25) is 4.98 Å². The standard InChI is InChI=1S/C21H18F3N3O/c1-14-2-7-18(12-19(14)21(22,23)24)27-20(28)26-13-15-3-5-16(6-4-15)17-8-10-25-11-9-17/h2-12H,13H2,1H3,(H2,26,27,28). The van der Waals surface area contributed by atoms with E-state index in [1.807, 2.05) is 36.4 Å². The van der Waals surface area contributed by atoms with E-state index < -0.39 is 17.8 Å². The maximum Gasteiger partial charge on any atom is 0.416 e. The number of pyridine rings is 1. The first-order valence-corrected chi connectivity index (χ1v) is 8.55. The molecule has 7 heteroatoms.